The first kappa shape index (κ1) is 20.3. The van der Waals surface area contributed by atoms with Crippen LogP contribution < -0.4 is 4.74 Å². The van der Waals surface area contributed by atoms with Crippen molar-refractivity contribution in [1.29, 1.82) is 0 Å². The second kappa shape index (κ2) is 9.66. The summed E-state index contributed by atoms with van der Waals surface area (Å²) in [7, 11) is 0. The highest BCUT2D eigenvalue weighted by molar-refractivity contribution is 6.31. The normalized spacial score (nSPS) is 10.2. The van der Waals surface area contributed by atoms with Crippen molar-refractivity contribution < 1.29 is 23.9 Å². The Hall–Kier alpha value is -3.44. The first-order chi connectivity index (χ1) is 14.0. The lowest BCUT2D eigenvalue weighted by Gasteiger charge is -2.08. The van der Waals surface area contributed by atoms with E-state index in [9.17, 15) is 14.4 Å². The molecule has 0 N–H and O–H groups in total. The standard InChI is InChI=1S/C23H17ClO5/c24-19-8-4-7-18(13-19)21(25)14-29-22(26)15-28-20-11-9-17(10-12-20)23(27)16-5-2-1-3-6-16/h1-13H,14-15H2. The molecule has 146 valence electrons. The molecular formula is C23H17ClO5. The number of hydrogen-bond acceptors (Lipinski definition) is 5. The van der Waals surface area contributed by atoms with Crippen LogP contribution in [0.5, 0.6) is 5.75 Å². The van der Waals surface area contributed by atoms with Gasteiger partial charge in [0.2, 0.25) is 0 Å². The van der Waals surface area contributed by atoms with Crippen LogP contribution in [-0.4, -0.2) is 30.7 Å². The molecule has 0 aromatic heterocycles. The third-order valence-corrected chi connectivity index (χ3v) is 4.26. The van der Waals surface area contributed by atoms with Gasteiger partial charge in [0.1, 0.15) is 5.75 Å². The molecule has 29 heavy (non-hydrogen) atoms. The maximum Gasteiger partial charge on any atom is 0.344 e. The van der Waals surface area contributed by atoms with Gasteiger partial charge in [-0.25, -0.2) is 4.79 Å². The molecule has 0 unspecified atom stereocenters. The molecule has 0 bridgehead atoms. The minimum Gasteiger partial charge on any atom is -0.482 e. The van der Waals surface area contributed by atoms with Crippen molar-refractivity contribution in [3.05, 3.63) is 101 Å². The number of rotatable bonds is 8. The molecule has 0 heterocycles. The largest absolute Gasteiger partial charge is 0.482 e. The van der Waals surface area contributed by atoms with Crippen LogP contribution in [0.3, 0.4) is 0 Å². The van der Waals surface area contributed by atoms with Crippen LogP contribution in [0.1, 0.15) is 26.3 Å². The molecule has 0 spiro atoms. The molecule has 0 aliphatic carbocycles. The van der Waals surface area contributed by atoms with Gasteiger partial charge in [0.15, 0.2) is 24.8 Å². The Bertz CT molecular complexity index is 1010. The fraction of sp³-hybridized carbons (Fsp3) is 0.0870. The Morgan fingerprint density at radius 2 is 1.38 bits per heavy atom. The maximum atomic E-state index is 12.4. The molecule has 3 rings (SSSR count). The third kappa shape index (κ3) is 5.77. The SMILES string of the molecule is O=C(COc1ccc(C(=O)c2ccccc2)cc1)OCC(=O)c1cccc(Cl)c1. The summed E-state index contributed by atoms with van der Waals surface area (Å²) in [5.74, 6) is -0.724. The quantitative estimate of drug-likeness (QED) is 0.408. The summed E-state index contributed by atoms with van der Waals surface area (Å²) in [6.07, 6.45) is 0. The van der Waals surface area contributed by atoms with Crippen LogP contribution in [0, 0.1) is 0 Å². The molecule has 6 heteroatoms. The van der Waals surface area contributed by atoms with Gasteiger partial charge in [-0.05, 0) is 36.4 Å². The molecule has 0 fully saturated rings. The summed E-state index contributed by atoms with van der Waals surface area (Å²) in [5.41, 5.74) is 1.47. The van der Waals surface area contributed by atoms with Gasteiger partial charge < -0.3 is 9.47 Å². The monoisotopic (exact) mass is 408 g/mol. The van der Waals surface area contributed by atoms with Crippen LogP contribution in [0.15, 0.2) is 78.9 Å². The molecule has 3 aromatic rings. The number of esters is 1. The van der Waals surface area contributed by atoms with Gasteiger partial charge >= 0.3 is 5.97 Å². The molecular weight excluding hydrogens is 392 g/mol. The lowest BCUT2D eigenvalue weighted by atomic mass is 10.0. The summed E-state index contributed by atoms with van der Waals surface area (Å²) in [6.45, 7) is -0.748. The molecule has 0 amide bonds. The zero-order valence-electron chi connectivity index (χ0n) is 15.3. The number of ether oxygens (including phenoxy) is 2. The number of benzene rings is 3. The van der Waals surface area contributed by atoms with Crippen LogP contribution >= 0.6 is 11.6 Å². The second-order valence-corrected chi connectivity index (χ2v) is 6.54. The average molecular weight is 409 g/mol. The zero-order chi connectivity index (χ0) is 20.6. The van der Waals surface area contributed by atoms with E-state index in [1.165, 1.54) is 6.07 Å². The molecule has 0 aliphatic rings. The smallest absolute Gasteiger partial charge is 0.344 e. The van der Waals surface area contributed by atoms with Crippen molar-refractivity contribution in [3.8, 4) is 5.75 Å². The van der Waals surface area contributed by atoms with Crippen molar-refractivity contribution >= 4 is 29.1 Å². The van der Waals surface area contributed by atoms with E-state index in [0.29, 0.717) is 27.5 Å². The third-order valence-electron chi connectivity index (χ3n) is 4.02. The number of carbonyl (C=O) groups is 3. The fourth-order valence-electron chi connectivity index (χ4n) is 2.53. The van der Waals surface area contributed by atoms with E-state index in [-0.39, 0.29) is 18.2 Å². The molecule has 0 radical (unpaired) electrons. The number of Topliss-reactive ketones (excluding diaryl/α,β-unsaturated/α-hetero) is 1. The zero-order valence-corrected chi connectivity index (χ0v) is 16.1. The minimum absolute atomic E-state index is 0.101. The molecule has 0 aliphatic heterocycles. The first-order valence-electron chi connectivity index (χ1n) is 8.80. The summed E-state index contributed by atoms with van der Waals surface area (Å²) in [4.78, 5) is 36.1. The van der Waals surface area contributed by atoms with E-state index < -0.39 is 12.6 Å². The molecule has 5 nitrogen and oxygen atoms in total. The van der Waals surface area contributed by atoms with Crippen molar-refractivity contribution in [3.63, 3.8) is 0 Å². The Kier molecular flexibility index (Phi) is 6.76. The van der Waals surface area contributed by atoms with Gasteiger partial charge in [-0.3, -0.25) is 9.59 Å². The lowest BCUT2D eigenvalue weighted by Crippen LogP contribution is -2.19. The van der Waals surface area contributed by atoms with E-state index in [1.54, 1.807) is 66.7 Å². The Labute approximate surface area is 172 Å². The number of halogens is 1. The second-order valence-electron chi connectivity index (χ2n) is 6.10. The van der Waals surface area contributed by atoms with Crippen LogP contribution in [-0.2, 0) is 9.53 Å². The Balaban J connectivity index is 1.48. The fourth-order valence-corrected chi connectivity index (χ4v) is 2.72. The number of ketones is 2. The van der Waals surface area contributed by atoms with Gasteiger partial charge in [-0.15, -0.1) is 0 Å². The highest BCUT2D eigenvalue weighted by Gasteiger charge is 2.12. The van der Waals surface area contributed by atoms with Crippen LogP contribution in [0.4, 0.5) is 0 Å². The van der Waals surface area contributed by atoms with Crippen LogP contribution in [0.25, 0.3) is 0 Å². The van der Waals surface area contributed by atoms with E-state index in [0.717, 1.165) is 0 Å². The topological polar surface area (TPSA) is 69.7 Å². The summed E-state index contributed by atoms with van der Waals surface area (Å²) < 4.78 is 10.3. The Morgan fingerprint density at radius 1 is 0.724 bits per heavy atom. The van der Waals surface area contributed by atoms with Crippen molar-refractivity contribution in [2.24, 2.45) is 0 Å². The lowest BCUT2D eigenvalue weighted by molar-refractivity contribution is -0.144. The first-order valence-corrected chi connectivity index (χ1v) is 9.18. The van der Waals surface area contributed by atoms with Gasteiger partial charge in [0.05, 0.1) is 0 Å². The molecule has 3 aromatic carbocycles. The average Bonchev–Trinajstić information content (AvgIpc) is 2.76. The van der Waals surface area contributed by atoms with Crippen molar-refractivity contribution in [2.45, 2.75) is 0 Å². The van der Waals surface area contributed by atoms with E-state index in [4.69, 9.17) is 21.1 Å². The van der Waals surface area contributed by atoms with Crippen LogP contribution in [0.2, 0.25) is 5.02 Å². The Morgan fingerprint density at radius 3 is 2.07 bits per heavy atom. The van der Waals surface area contributed by atoms with Gasteiger partial charge in [-0.1, -0.05) is 54.1 Å². The minimum atomic E-state index is -0.676. The highest BCUT2D eigenvalue weighted by atomic mass is 35.5. The van der Waals surface area contributed by atoms with E-state index in [1.807, 2.05) is 6.07 Å². The molecule has 0 saturated carbocycles. The van der Waals surface area contributed by atoms with E-state index in [2.05, 4.69) is 0 Å². The predicted molar refractivity (Wildman–Crippen MR) is 109 cm³/mol. The molecule has 0 saturated heterocycles. The van der Waals surface area contributed by atoms with Gasteiger partial charge in [0.25, 0.3) is 0 Å². The van der Waals surface area contributed by atoms with Crippen molar-refractivity contribution in [1.82, 2.24) is 0 Å². The number of carbonyl (C=O) groups excluding carboxylic acids is 3. The predicted octanol–water partition coefficient (Wildman–Crippen LogP) is 4.38. The van der Waals surface area contributed by atoms with Gasteiger partial charge in [-0.2, -0.15) is 0 Å². The number of hydrogen-bond donors (Lipinski definition) is 0. The van der Waals surface area contributed by atoms with Crippen molar-refractivity contribution in [2.75, 3.05) is 13.2 Å². The van der Waals surface area contributed by atoms with Gasteiger partial charge in [0, 0.05) is 21.7 Å². The highest BCUT2D eigenvalue weighted by Crippen LogP contribution is 2.16. The maximum absolute atomic E-state index is 12.4. The molecule has 0 atom stereocenters. The summed E-state index contributed by atoms with van der Waals surface area (Å²) >= 11 is 5.83. The summed E-state index contributed by atoms with van der Waals surface area (Å²) in [5, 5.41) is 0.430. The van der Waals surface area contributed by atoms with E-state index >= 15 is 0 Å². The summed E-state index contributed by atoms with van der Waals surface area (Å²) in [6, 6.07) is 21.8.